The van der Waals surface area contributed by atoms with Crippen molar-refractivity contribution in [1.29, 1.82) is 5.26 Å². The summed E-state index contributed by atoms with van der Waals surface area (Å²) in [7, 11) is 1.57. The van der Waals surface area contributed by atoms with E-state index in [-0.39, 0.29) is 5.56 Å². The third kappa shape index (κ3) is 5.94. The van der Waals surface area contributed by atoms with Crippen molar-refractivity contribution in [1.82, 2.24) is 9.97 Å². The van der Waals surface area contributed by atoms with E-state index in [1.54, 1.807) is 41.9 Å². The number of nitrogens with one attached hydrogen (secondary N) is 2. The zero-order chi connectivity index (χ0) is 25.6. The Hall–Kier alpha value is -3.84. The second-order valence-electron chi connectivity index (χ2n) is 8.02. The summed E-state index contributed by atoms with van der Waals surface area (Å²) in [6.07, 6.45) is 0. The number of rotatable bonds is 9. The van der Waals surface area contributed by atoms with Gasteiger partial charge < -0.3 is 15.0 Å². The highest BCUT2D eigenvalue weighted by Crippen LogP contribution is 2.32. The molecule has 9 heteroatoms. The van der Waals surface area contributed by atoms with E-state index < -0.39 is 5.56 Å². The Labute approximate surface area is 226 Å². The third-order valence-corrected chi connectivity index (χ3v) is 8.64. The Morgan fingerprint density at radius 2 is 1.97 bits per heavy atom. The molecule has 0 aliphatic rings. The zero-order valence-corrected chi connectivity index (χ0v) is 22.3. The van der Waals surface area contributed by atoms with Crippen LogP contribution in [0.15, 0.2) is 88.1 Å². The molecule has 0 fully saturated rings. The predicted molar refractivity (Wildman–Crippen MR) is 153 cm³/mol. The van der Waals surface area contributed by atoms with Gasteiger partial charge >= 0.3 is 0 Å². The molecule has 0 spiro atoms. The Kier molecular flexibility index (Phi) is 7.70. The molecule has 0 amide bonds. The van der Waals surface area contributed by atoms with Crippen LogP contribution in [0.25, 0.3) is 21.0 Å². The SMILES string of the molecule is COc1cccc(-c2nc(SCc3cccc(NCc4ccc(-c5cccs5)s4)c3)[nH]c(=O)c2C#N)c1. The summed E-state index contributed by atoms with van der Waals surface area (Å²) in [6, 6.07) is 25.9. The minimum absolute atomic E-state index is 0.0142. The van der Waals surface area contributed by atoms with Crippen LogP contribution in [-0.4, -0.2) is 17.1 Å². The zero-order valence-electron chi connectivity index (χ0n) is 19.9. The Morgan fingerprint density at radius 3 is 2.78 bits per heavy atom. The Bertz CT molecular complexity index is 1620. The number of ether oxygens (including phenoxy) is 1. The van der Waals surface area contributed by atoms with Gasteiger partial charge in [0, 0.05) is 38.2 Å². The summed E-state index contributed by atoms with van der Waals surface area (Å²) < 4.78 is 5.29. The van der Waals surface area contributed by atoms with Crippen LogP contribution >= 0.6 is 34.4 Å². The van der Waals surface area contributed by atoms with Crippen LogP contribution in [0, 0.1) is 11.3 Å². The molecule has 0 radical (unpaired) electrons. The van der Waals surface area contributed by atoms with Crippen LogP contribution in [0.4, 0.5) is 5.69 Å². The molecular formula is C28H22N4O2S3. The average Bonchev–Trinajstić information content (AvgIpc) is 3.63. The van der Waals surface area contributed by atoms with Gasteiger partial charge in [0.05, 0.1) is 12.8 Å². The fourth-order valence-electron chi connectivity index (χ4n) is 3.74. The highest BCUT2D eigenvalue weighted by atomic mass is 32.2. The monoisotopic (exact) mass is 542 g/mol. The average molecular weight is 543 g/mol. The van der Waals surface area contributed by atoms with E-state index in [1.807, 2.05) is 36.4 Å². The number of nitrogens with zero attached hydrogens (tertiary/aromatic N) is 2. The summed E-state index contributed by atoms with van der Waals surface area (Å²) in [5.74, 6) is 1.25. The quantitative estimate of drug-likeness (QED) is 0.154. The van der Waals surface area contributed by atoms with Gasteiger partial charge in [-0.2, -0.15) is 5.26 Å². The molecule has 3 heterocycles. The van der Waals surface area contributed by atoms with Crippen LogP contribution in [0.1, 0.15) is 16.0 Å². The first kappa shape index (κ1) is 24.8. The van der Waals surface area contributed by atoms with Gasteiger partial charge in [-0.15, -0.1) is 22.7 Å². The van der Waals surface area contributed by atoms with E-state index in [9.17, 15) is 10.1 Å². The number of thiophene rings is 2. The number of hydrogen-bond donors (Lipinski definition) is 2. The molecule has 0 saturated heterocycles. The number of methoxy groups -OCH3 is 1. The maximum absolute atomic E-state index is 12.6. The molecule has 2 aromatic carbocycles. The first-order valence-electron chi connectivity index (χ1n) is 11.4. The third-order valence-electron chi connectivity index (χ3n) is 5.55. The smallest absolute Gasteiger partial charge is 0.270 e. The summed E-state index contributed by atoms with van der Waals surface area (Å²) in [5, 5.41) is 15.6. The van der Waals surface area contributed by atoms with Crippen LogP contribution in [-0.2, 0) is 12.3 Å². The van der Waals surface area contributed by atoms with E-state index in [2.05, 4.69) is 51.0 Å². The van der Waals surface area contributed by atoms with Crippen molar-refractivity contribution in [3.05, 3.63) is 105 Å². The number of benzene rings is 2. The van der Waals surface area contributed by atoms with Gasteiger partial charge in [0.25, 0.3) is 5.56 Å². The van der Waals surface area contributed by atoms with Crippen molar-refractivity contribution in [3.63, 3.8) is 0 Å². The predicted octanol–water partition coefficient (Wildman–Crippen LogP) is 7.01. The topological polar surface area (TPSA) is 90.8 Å². The van der Waals surface area contributed by atoms with Crippen LogP contribution in [0.3, 0.4) is 0 Å². The van der Waals surface area contributed by atoms with Gasteiger partial charge in [0.15, 0.2) is 5.16 Å². The number of hydrogen-bond acceptors (Lipinski definition) is 8. The van der Waals surface area contributed by atoms with Crippen molar-refractivity contribution in [3.8, 4) is 32.8 Å². The lowest BCUT2D eigenvalue weighted by Crippen LogP contribution is -2.14. The highest BCUT2D eigenvalue weighted by molar-refractivity contribution is 7.98. The van der Waals surface area contributed by atoms with E-state index in [0.29, 0.717) is 27.9 Å². The number of aromatic nitrogens is 2. The molecule has 0 saturated carbocycles. The first-order chi connectivity index (χ1) is 18.1. The van der Waals surface area contributed by atoms with Crippen molar-refractivity contribution in [2.24, 2.45) is 0 Å². The van der Waals surface area contributed by atoms with Crippen molar-refractivity contribution >= 4 is 40.1 Å². The fourth-order valence-corrected chi connectivity index (χ4v) is 6.33. The lowest BCUT2D eigenvalue weighted by Gasteiger charge is -2.09. The lowest BCUT2D eigenvalue weighted by molar-refractivity contribution is 0.415. The van der Waals surface area contributed by atoms with Crippen LogP contribution in [0.5, 0.6) is 5.75 Å². The highest BCUT2D eigenvalue weighted by Gasteiger charge is 2.14. The van der Waals surface area contributed by atoms with Crippen molar-refractivity contribution in [2.45, 2.75) is 17.5 Å². The standard InChI is InChI=1S/C28H22N4O2S3/c1-34-21-8-3-6-19(14-21)26-23(15-29)27(33)32-28(31-26)36-17-18-5-2-7-20(13-18)30-16-22-10-11-25(37-22)24-9-4-12-35-24/h2-14,30H,16-17H2,1H3,(H,31,32,33). The Balaban J connectivity index is 1.28. The number of H-pyrrole nitrogens is 1. The lowest BCUT2D eigenvalue weighted by atomic mass is 10.1. The molecule has 5 aromatic rings. The number of aromatic amines is 1. The second kappa shape index (κ2) is 11.5. The summed E-state index contributed by atoms with van der Waals surface area (Å²) in [5.41, 5.74) is 2.66. The summed E-state index contributed by atoms with van der Waals surface area (Å²) >= 11 is 4.97. The Morgan fingerprint density at radius 1 is 1.08 bits per heavy atom. The molecule has 3 aromatic heterocycles. The summed E-state index contributed by atoms with van der Waals surface area (Å²) in [4.78, 5) is 23.8. The van der Waals surface area contributed by atoms with Gasteiger partial charge in [0.2, 0.25) is 0 Å². The van der Waals surface area contributed by atoms with Gasteiger partial charge in [-0.25, -0.2) is 4.98 Å². The molecule has 0 unspecified atom stereocenters. The van der Waals surface area contributed by atoms with Gasteiger partial charge in [-0.3, -0.25) is 4.79 Å². The summed E-state index contributed by atoms with van der Waals surface area (Å²) in [6.45, 7) is 0.751. The molecule has 6 nitrogen and oxygen atoms in total. The number of anilines is 1. The minimum Gasteiger partial charge on any atom is -0.497 e. The molecule has 184 valence electrons. The fraction of sp³-hybridized carbons (Fsp3) is 0.107. The van der Waals surface area contributed by atoms with E-state index in [1.165, 1.54) is 26.4 Å². The molecule has 37 heavy (non-hydrogen) atoms. The van der Waals surface area contributed by atoms with Crippen molar-refractivity contribution < 1.29 is 4.74 Å². The van der Waals surface area contributed by atoms with Crippen molar-refractivity contribution in [2.75, 3.05) is 12.4 Å². The van der Waals surface area contributed by atoms with Crippen LogP contribution < -0.4 is 15.6 Å². The van der Waals surface area contributed by atoms with Crippen LogP contribution in [0.2, 0.25) is 0 Å². The van der Waals surface area contributed by atoms with Gasteiger partial charge in [-0.1, -0.05) is 42.1 Å². The van der Waals surface area contributed by atoms with Gasteiger partial charge in [-0.05, 0) is 53.4 Å². The molecule has 0 aliphatic heterocycles. The number of thioether (sulfide) groups is 1. The number of nitriles is 1. The molecular weight excluding hydrogens is 521 g/mol. The largest absolute Gasteiger partial charge is 0.497 e. The van der Waals surface area contributed by atoms with E-state index in [4.69, 9.17) is 4.74 Å². The molecule has 5 rings (SSSR count). The molecule has 2 N–H and O–H groups in total. The minimum atomic E-state index is -0.453. The maximum atomic E-state index is 12.6. The normalized spacial score (nSPS) is 10.7. The van der Waals surface area contributed by atoms with Gasteiger partial charge in [0.1, 0.15) is 17.4 Å². The van der Waals surface area contributed by atoms with E-state index in [0.717, 1.165) is 17.8 Å². The maximum Gasteiger partial charge on any atom is 0.270 e. The molecule has 0 atom stereocenters. The molecule has 0 bridgehead atoms. The first-order valence-corrected chi connectivity index (χ1v) is 14.1. The second-order valence-corrected chi connectivity index (χ2v) is 11.1. The molecule has 0 aliphatic carbocycles. The van der Waals surface area contributed by atoms with E-state index >= 15 is 0 Å².